The lowest BCUT2D eigenvalue weighted by Gasteiger charge is -2.26. The first kappa shape index (κ1) is 16.0. The van der Waals surface area contributed by atoms with Crippen LogP contribution in [0.15, 0.2) is 22.7 Å². The standard InChI is InChI=1S/C17H27BrN2/c1-4-9-20(13(2)3)12-15-6-5-14(10-17(15)18)11-19-16-7-8-16/h5-6,10,13,16,19H,4,7-9,11-12H2,1-3H3. The smallest absolute Gasteiger partial charge is 0.0247 e. The molecule has 112 valence electrons. The van der Waals surface area contributed by atoms with Gasteiger partial charge >= 0.3 is 0 Å². The van der Waals surface area contributed by atoms with E-state index in [1.807, 2.05) is 0 Å². The highest BCUT2D eigenvalue weighted by atomic mass is 79.9. The zero-order chi connectivity index (χ0) is 14.5. The first-order valence-electron chi connectivity index (χ1n) is 7.85. The highest BCUT2D eigenvalue weighted by Gasteiger charge is 2.20. The fraction of sp³-hybridized carbons (Fsp3) is 0.647. The maximum absolute atomic E-state index is 3.74. The van der Waals surface area contributed by atoms with Crippen molar-refractivity contribution in [1.82, 2.24) is 10.2 Å². The van der Waals surface area contributed by atoms with E-state index in [9.17, 15) is 0 Å². The van der Waals surface area contributed by atoms with Gasteiger partial charge in [0.1, 0.15) is 0 Å². The van der Waals surface area contributed by atoms with Crippen LogP contribution in [-0.2, 0) is 13.1 Å². The Bertz CT molecular complexity index is 427. The van der Waals surface area contributed by atoms with Gasteiger partial charge in [0, 0.05) is 29.6 Å². The molecule has 1 N–H and O–H groups in total. The van der Waals surface area contributed by atoms with Crippen LogP contribution < -0.4 is 5.32 Å². The molecule has 0 spiro atoms. The minimum absolute atomic E-state index is 0.595. The lowest BCUT2D eigenvalue weighted by molar-refractivity contribution is 0.213. The number of nitrogens with zero attached hydrogens (tertiary/aromatic N) is 1. The van der Waals surface area contributed by atoms with Gasteiger partial charge in [0.2, 0.25) is 0 Å². The molecule has 20 heavy (non-hydrogen) atoms. The molecule has 1 saturated carbocycles. The van der Waals surface area contributed by atoms with Crippen LogP contribution in [0.1, 0.15) is 51.2 Å². The minimum atomic E-state index is 0.595. The molecule has 0 amide bonds. The van der Waals surface area contributed by atoms with Crippen molar-refractivity contribution in [3.63, 3.8) is 0 Å². The molecular formula is C17H27BrN2. The SMILES string of the molecule is CCCN(Cc1ccc(CNC2CC2)cc1Br)C(C)C. The Morgan fingerprint density at radius 3 is 2.65 bits per heavy atom. The number of benzene rings is 1. The summed E-state index contributed by atoms with van der Waals surface area (Å²) in [5.74, 6) is 0. The van der Waals surface area contributed by atoms with Crippen LogP contribution in [0, 0.1) is 0 Å². The number of rotatable bonds is 8. The lowest BCUT2D eigenvalue weighted by atomic mass is 10.1. The Morgan fingerprint density at radius 1 is 1.35 bits per heavy atom. The van der Waals surface area contributed by atoms with E-state index in [-0.39, 0.29) is 0 Å². The van der Waals surface area contributed by atoms with E-state index >= 15 is 0 Å². The van der Waals surface area contributed by atoms with Gasteiger partial charge in [0.05, 0.1) is 0 Å². The van der Waals surface area contributed by atoms with Crippen molar-refractivity contribution in [3.8, 4) is 0 Å². The molecule has 2 rings (SSSR count). The fourth-order valence-electron chi connectivity index (χ4n) is 2.40. The summed E-state index contributed by atoms with van der Waals surface area (Å²) in [6.45, 7) is 9.98. The summed E-state index contributed by atoms with van der Waals surface area (Å²) in [6, 6.07) is 8.18. The average molecular weight is 339 g/mol. The first-order chi connectivity index (χ1) is 9.60. The topological polar surface area (TPSA) is 15.3 Å². The van der Waals surface area contributed by atoms with E-state index in [1.165, 1.54) is 34.9 Å². The molecule has 0 bridgehead atoms. The highest BCUT2D eigenvalue weighted by Crippen LogP contribution is 2.23. The molecular weight excluding hydrogens is 312 g/mol. The molecule has 0 radical (unpaired) electrons. The molecule has 0 unspecified atom stereocenters. The van der Waals surface area contributed by atoms with Crippen LogP contribution >= 0.6 is 15.9 Å². The summed E-state index contributed by atoms with van der Waals surface area (Å²) in [6.07, 6.45) is 3.90. The van der Waals surface area contributed by atoms with Crippen molar-refractivity contribution in [2.24, 2.45) is 0 Å². The summed E-state index contributed by atoms with van der Waals surface area (Å²) < 4.78 is 1.24. The molecule has 0 aliphatic heterocycles. The summed E-state index contributed by atoms with van der Waals surface area (Å²) in [5.41, 5.74) is 2.77. The van der Waals surface area contributed by atoms with Crippen molar-refractivity contribution in [2.45, 2.75) is 65.2 Å². The largest absolute Gasteiger partial charge is 0.310 e. The first-order valence-corrected chi connectivity index (χ1v) is 8.64. The van der Waals surface area contributed by atoms with Crippen LogP contribution in [0.4, 0.5) is 0 Å². The molecule has 0 heterocycles. The normalized spacial score (nSPS) is 15.3. The van der Waals surface area contributed by atoms with Crippen molar-refractivity contribution >= 4 is 15.9 Å². The molecule has 0 aromatic heterocycles. The quantitative estimate of drug-likeness (QED) is 0.759. The van der Waals surface area contributed by atoms with Crippen LogP contribution in [0.5, 0.6) is 0 Å². The predicted octanol–water partition coefficient (Wildman–Crippen LogP) is 4.32. The second-order valence-electron chi connectivity index (χ2n) is 6.15. The molecule has 0 saturated heterocycles. The maximum atomic E-state index is 3.74. The monoisotopic (exact) mass is 338 g/mol. The number of hydrogen-bond donors (Lipinski definition) is 1. The Balaban J connectivity index is 1.96. The summed E-state index contributed by atoms with van der Waals surface area (Å²) in [5, 5.41) is 3.57. The van der Waals surface area contributed by atoms with Gasteiger partial charge in [-0.1, -0.05) is 35.0 Å². The zero-order valence-corrected chi connectivity index (χ0v) is 14.5. The third kappa shape index (κ3) is 4.87. The Kier molecular flexibility index (Phi) is 6.06. The van der Waals surface area contributed by atoms with Gasteiger partial charge in [0.15, 0.2) is 0 Å². The van der Waals surface area contributed by atoms with Gasteiger partial charge in [-0.05, 0) is 56.8 Å². The van der Waals surface area contributed by atoms with E-state index in [0.29, 0.717) is 6.04 Å². The fourth-order valence-corrected chi connectivity index (χ4v) is 2.96. The second kappa shape index (κ2) is 7.58. The summed E-state index contributed by atoms with van der Waals surface area (Å²) in [7, 11) is 0. The number of halogens is 1. The molecule has 1 aromatic carbocycles. The summed E-state index contributed by atoms with van der Waals surface area (Å²) >= 11 is 3.74. The van der Waals surface area contributed by atoms with E-state index in [1.54, 1.807) is 0 Å². The highest BCUT2D eigenvalue weighted by molar-refractivity contribution is 9.10. The molecule has 1 aliphatic carbocycles. The maximum Gasteiger partial charge on any atom is 0.0247 e. The van der Waals surface area contributed by atoms with Gasteiger partial charge in [-0.25, -0.2) is 0 Å². The van der Waals surface area contributed by atoms with Crippen molar-refractivity contribution in [1.29, 1.82) is 0 Å². The van der Waals surface area contributed by atoms with Crippen molar-refractivity contribution in [2.75, 3.05) is 6.54 Å². The summed E-state index contributed by atoms with van der Waals surface area (Å²) in [4.78, 5) is 2.53. The molecule has 0 atom stereocenters. The van der Waals surface area contributed by atoms with Gasteiger partial charge in [-0.2, -0.15) is 0 Å². The molecule has 3 heteroatoms. The average Bonchev–Trinajstić information content (AvgIpc) is 3.22. The van der Waals surface area contributed by atoms with E-state index < -0.39 is 0 Å². The third-order valence-corrected chi connectivity index (χ3v) is 4.64. The van der Waals surface area contributed by atoms with Crippen LogP contribution in [0.2, 0.25) is 0 Å². The van der Waals surface area contributed by atoms with Crippen LogP contribution in [0.3, 0.4) is 0 Å². The third-order valence-electron chi connectivity index (χ3n) is 3.90. The molecule has 1 aliphatic rings. The van der Waals surface area contributed by atoms with Crippen molar-refractivity contribution in [3.05, 3.63) is 33.8 Å². The lowest BCUT2D eigenvalue weighted by Crippen LogP contribution is -2.31. The Labute approximate surface area is 132 Å². The molecule has 2 nitrogen and oxygen atoms in total. The van der Waals surface area contributed by atoms with E-state index in [4.69, 9.17) is 0 Å². The minimum Gasteiger partial charge on any atom is -0.310 e. The molecule has 1 aromatic rings. The molecule has 1 fully saturated rings. The predicted molar refractivity (Wildman–Crippen MR) is 89.8 cm³/mol. The zero-order valence-electron chi connectivity index (χ0n) is 13.0. The van der Waals surface area contributed by atoms with Crippen molar-refractivity contribution < 1.29 is 0 Å². The van der Waals surface area contributed by atoms with Gasteiger partial charge in [0.25, 0.3) is 0 Å². The van der Waals surface area contributed by atoms with Gasteiger partial charge in [-0.15, -0.1) is 0 Å². The van der Waals surface area contributed by atoms with E-state index in [0.717, 1.165) is 25.7 Å². The Morgan fingerprint density at radius 2 is 2.10 bits per heavy atom. The van der Waals surface area contributed by atoms with E-state index in [2.05, 4.69) is 65.1 Å². The van der Waals surface area contributed by atoms with Gasteiger partial charge < -0.3 is 5.32 Å². The number of hydrogen-bond acceptors (Lipinski definition) is 2. The number of nitrogens with one attached hydrogen (secondary N) is 1. The Hall–Kier alpha value is -0.380. The van der Waals surface area contributed by atoms with Gasteiger partial charge in [-0.3, -0.25) is 4.90 Å². The van der Waals surface area contributed by atoms with Crippen LogP contribution in [0.25, 0.3) is 0 Å². The second-order valence-corrected chi connectivity index (χ2v) is 7.00. The van der Waals surface area contributed by atoms with Crippen LogP contribution in [-0.4, -0.2) is 23.5 Å².